The topological polar surface area (TPSA) is 77.1 Å². The van der Waals surface area contributed by atoms with Crippen LogP contribution >= 0.6 is 22.6 Å². The lowest BCUT2D eigenvalue weighted by molar-refractivity contribution is 0.303. The maximum atomic E-state index is 8.76. The Morgan fingerprint density at radius 3 is 2.48 bits per heavy atom. The van der Waals surface area contributed by atoms with E-state index in [9.17, 15) is 0 Å². The quantitative estimate of drug-likeness (QED) is 0.267. The van der Waals surface area contributed by atoms with Crippen molar-refractivity contribution in [2.45, 2.75) is 6.61 Å². The summed E-state index contributed by atoms with van der Waals surface area (Å²) < 4.78 is 12.1. The third-order valence-corrected chi connectivity index (χ3v) is 3.56. The Labute approximate surface area is 136 Å². The molecule has 21 heavy (non-hydrogen) atoms. The van der Waals surface area contributed by atoms with Gasteiger partial charge in [0.2, 0.25) is 0 Å². The molecule has 2 rings (SSSR count). The molecule has 0 spiro atoms. The Balaban J connectivity index is 2.17. The molecule has 0 saturated heterocycles. The number of ether oxygens (including phenoxy) is 2. The van der Waals surface area contributed by atoms with E-state index in [-0.39, 0.29) is 5.84 Å². The first-order valence-corrected chi connectivity index (χ1v) is 7.24. The highest BCUT2D eigenvalue weighted by molar-refractivity contribution is 14.1. The molecular formula is C15H15IN2O3. The lowest BCUT2D eigenvalue weighted by atomic mass is 10.2. The number of nitrogens with zero attached hydrogens (tertiary/aromatic N) is 1. The van der Waals surface area contributed by atoms with E-state index in [0.717, 1.165) is 5.56 Å². The second-order valence-corrected chi connectivity index (χ2v) is 5.54. The van der Waals surface area contributed by atoms with E-state index in [1.54, 1.807) is 25.3 Å². The monoisotopic (exact) mass is 398 g/mol. The zero-order chi connectivity index (χ0) is 15.2. The number of hydrogen-bond acceptors (Lipinski definition) is 4. The Bertz CT molecular complexity index is 642. The fraction of sp³-hybridized carbons (Fsp3) is 0.133. The SMILES string of the molecule is COc1cc(OCc2ccc(I)cc2)cc(/C(N)=N/O)c1. The molecule has 0 aromatic heterocycles. The smallest absolute Gasteiger partial charge is 0.170 e. The van der Waals surface area contributed by atoms with Gasteiger partial charge >= 0.3 is 0 Å². The highest BCUT2D eigenvalue weighted by Crippen LogP contribution is 2.23. The Morgan fingerprint density at radius 1 is 1.19 bits per heavy atom. The molecule has 0 atom stereocenters. The van der Waals surface area contributed by atoms with Crippen LogP contribution < -0.4 is 15.2 Å². The van der Waals surface area contributed by atoms with E-state index in [2.05, 4.69) is 27.7 Å². The second-order valence-electron chi connectivity index (χ2n) is 4.30. The van der Waals surface area contributed by atoms with E-state index in [4.69, 9.17) is 20.4 Å². The van der Waals surface area contributed by atoms with Gasteiger partial charge in [-0.3, -0.25) is 0 Å². The van der Waals surface area contributed by atoms with Crippen molar-refractivity contribution < 1.29 is 14.7 Å². The van der Waals surface area contributed by atoms with Gasteiger partial charge in [0.05, 0.1) is 7.11 Å². The van der Waals surface area contributed by atoms with E-state index in [1.165, 1.54) is 3.57 Å². The maximum absolute atomic E-state index is 8.76. The van der Waals surface area contributed by atoms with Gasteiger partial charge in [0.15, 0.2) is 5.84 Å². The summed E-state index contributed by atoms with van der Waals surface area (Å²) in [6.07, 6.45) is 0. The lowest BCUT2D eigenvalue weighted by Crippen LogP contribution is -2.13. The largest absolute Gasteiger partial charge is 0.497 e. The van der Waals surface area contributed by atoms with Crippen LogP contribution in [0, 0.1) is 3.57 Å². The zero-order valence-electron chi connectivity index (χ0n) is 11.4. The van der Waals surface area contributed by atoms with Gasteiger partial charge in [0.1, 0.15) is 18.1 Å². The van der Waals surface area contributed by atoms with Gasteiger partial charge < -0.3 is 20.4 Å². The molecule has 0 aliphatic heterocycles. The number of hydrogen-bond donors (Lipinski definition) is 2. The number of oxime groups is 1. The molecule has 2 aromatic carbocycles. The number of rotatable bonds is 5. The van der Waals surface area contributed by atoms with Gasteiger partial charge in [-0.1, -0.05) is 17.3 Å². The van der Waals surface area contributed by atoms with Crippen LogP contribution in [0.5, 0.6) is 11.5 Å². The van der Waals surface area contributed by atoms with Crippen molar-refractivity contribution in [2.75, 3.05) is 7.11 Å². The fourth-order valence-corrected chi connectivity index (χ4v) is 2.09. The molecular weight excluding hydrogens is 383 g/mol. The standard InChI is InChI=1S/C15H15IN2O3/c1-20-13-6-11(15(17)18-19)7-14(8-13)21-9-10-2-4-12(16)5-3-10/h2-8,19H,9H2,1H3,(H2,17,18). The van der Waals surface area contributed by atoms with Crippen molar-refractivity contribution in [3.63, 3.8) is 0 Å². The van der Waals surface area contributed by atoms with Crippen molar-refractivity contribution in [2.24, 2.45) is 10.9 Å². The summed E-state index contributed by atoms with van der Waals surface area (Å²) in [5.41, 5.74) is 7.19. The number of halogens is 1. The van der Waals surface area contributed by atoms with Gasteiger partial charge in [0.25, 0.3) is 0 Å². The van der Waals surface area contributed by atoms with Gasteiger partial charge in [-0.05, 0) is 52.4 Å². The van der Waals surface area contributed by atoms with E-state index < -0.39 is 0 Å². The summed E-state index contributed by atoms with van der Waals surface area (Å²) in [6, 6.07) is 13.2. The normalized spacial score (nSPS) is 11.2. The summed E-state index contributed by atoms with van der Waals surface area (Å²) in [6.45, 7) is 0.430. The third-order valence-electron chi connectivity index (χ3n) is 2.84. The Morgan fingerprint density at radius 2 is 1.86 bits per heavy atom. The van der Waals surface area contributed by atoms with Gasteiger partial charge in [-0.15, -0.1) is 0 Å². The van der Waals surface area contributed by atoms with Crippen LogP contribution in [0.25, 0.3) is 0 Å². The summed E-state index contributed by atoms with van der Waals surface area (Å²) in [5, 5.41) is 11.7. The molecule has 0 radical (unpaired) electrons. The minimum absolute atomic E-state index is 0.00742. The lowest BCUT2D eigenvalue weighted by Gasteiger charge is -2.10. The highest BCUT2D eigenvalue weighted by Gasteiger charge is 2.06. The molecule has 0 heterocycles. The van der Waals surface area contributed by atoms with Crippen LogP contribution in [-0.2, 0) is 6.61 Å². The van der Waals surface area contributed by atoms with Gasteiger partial charge in [-0.2, -0.15) is 0 Å². The maximum Gasteiger partial charge on any atom is 0.170 e. The van der Waals surface area contributed by atoms with Crippen molar-refractivity contribution in [3.8, 4) is 11.5 Å². The molecule has 0 aliphatic carbocycles. The van der Waals surface area contributed by atoms with Gasteiger partial charge in [-0.25, -0.2) is 0 Å². The number of benzene rings is 2. The molecule has 0 fully saturated rings. The third kappa shape index (κ3) is 4.25. The molecule has 5 nitrogen and oxygen atoms in total. The molecule has 0 unspecified atom stereocenters. The summed E-state index contributed by atoms with van der Waals surface area (Å²) >= 11 is 2.25. The molecule has 0 saturated carbocycles. The molecule has 0 amide bonds. The summed E-state index contributed by atoms with van der Waals surface area (Å²) in [7, 11) is 1.55. The minimum atomic E-state index is 0.00742. The molecule has 2 aromatic rings. The van der Waals surface area contributed by atoms with Crippen LogP contribution in [0.2, 0.25) is 0 Å². The van der Waals surface area contributed by atoms with E-state index in [0.29, 0.717) is 23.7 Å². The molecule has 110 valence electrons. The van der Waals surface area contributed by atoms with Crippen LogP contribution in [0.1, 0.15) is 11.1 Å². The second kappa shape index (κ2) is 7.16. The predicted octanol–water partition coefficient (Wildman–Crippen LogP) is 2.97. The molecule has 0 bridgehead atoms. The van der Waals surface area contributed by atoms with E-state index >= 15 is 0 Å². The fourth-order valence-electron chi connectivity index (χ4n) is 1.73. The molecule has 0 aliphatic rings. The number of nitrogens with two attached hydrogens (primary N) is 1. The van der Waals surface area contributed by atoms with Crippen molar-refractivity contribution in [3.05, 3.63) is 57.2 Å². The van der Waals surface area contributed by atoms with Crippen molar-refractivity contribution in [1.82, 2.24) is 0 Å². The van der Waals surface area contributed by atoms with Crippen molar-refractivity contribution >= 4 is 28.4 Å². The molecule has 3 N–H and O–H groups in total. The zero-order valence-corrected chi connectivity index (χ0v) is 13.6. The van der Waals surface area contributed by atoms with Crippen LogP contribution in [0.15, 0.2) is 47.6 Å². The Kier molecular flexibility index (Phi) is 5.26. The number of amidine groups is 1. The average molecular weight is 398 g/mol. The van der Waals surface area contributed by atoms with Crippen LogP contribution in [-0.4, -0.2) is 18.2 Å². The predicted molar refractivity (Wildman–Crippen MR) is 89.0 cm³/mol. The minimum Gasteiger partial charge on any atom is -0.497 e. The Hall–Kier alpha value is -1.96. The summed E-state index contributed by atoms with van der Waals surface area (Å²) in [5.74, 6) is 1.18. The number of methoxy groups -OCH3 is 1. The van der Waals surface area contributed by atoms with E-state index in [1.807, 2.05) is 24.3 Å². The van der Waals surface area contributed by atoms with Crippen molar-refractivity contribution in [1.29, 1.82) is 0 Å². The first-order valence-electron chi connectivity index (χ1n) is 6.16. The van der Waals surface area contributed by atoms with Gasteiger partial charge in [0, 0.05) is 15.2 Å². The average Bonchev–Trinajstić information content (AvgIpc) is 2.53. The first kappa shape index (κ1) is 15.4. The molecule has 6 heteroatoms. The first-order chi connectivity index (χ1) is 10.1. The summed E-state index contributed by atoms with van der Waals surface area (Å²) in [4.78, 5) is 0. The van der Waals surface area contributed by atoms with Crippen LogP contribution in [0.4, 0.5) is 0 Å². The van der Waals surface area contributed by atoms with Crippen LogP contribution in [0.3, 0.4) is 0 Å². The highest BCUT2D eigenvalue weighted by atomic mass is 127.